The molecule has 2 atom stereocenters. The van der Waals surface area contributed by atoms with Crippen LogP contribution in [-0.2, 0) is 34.5 Å². The molecule has 1 aliphatic rings. The molecule has 3 rings (SSSR count). The minimum atomic E-state index is -5.17. The number of para-hydroxylation sites is 1. The second-order valence-corrected chi connectivity index (χ2v) is 9.14. The summed E-state index contributed by atoms with van der Waals surface area (Å²) in [5.41, 5.74) is -5.94. The third-order valence-corrected chi connectivity index (χ3v) is 6.55. The molecule has 0 spiro atoms. The van der Waals surface area contributed by atoms with E-state index in [-0.39, 0.29) is 31.1 Å². The molecule has 0 N–H and O–H groups in total. The van der Waals surface area contributed by atoms with Gasteiger partial charge in [0.25, 0.3) is 0 Å². The lowest BCUT2D eigenvalue weighted by atomic mass is 9.86. The molecular formula is C26H25F9N2O4. The second kappa shape index (κ2) is 11.7. The molecule has 0 fully saturated rings. The summed E-state index contributed by atoms with van der Waals surface area (Å²) in [4.78, 5) is 27.3. The van der Waals surface area contributed by atoms with Gasteiger partial charge in [0.1, 0.15) is 0 Å². The average molecular weight is 600 g/mol. The summed E-state index contributed by atoms with van der Waals surface area (Å²) in [5.74, 6) is 0. The number of methoxy groups -OCH3 is 1. The molecule has 0 saturated heterocycles. The van der Waals surface area contributed by atoms with Crippen LogP contribution in [0.15, 0.2) is 36.4 Å². The number of anilines is 1. The maximum absolute atomic E-state index is 14.1. The van der Waals surface area contributed by atoms with E-state index >= 15 is 0 Å². The molecule has 2 amide bonds. The quantitative estimate of drug-likeness (QED) is 0.325. The lowest BCUT2D eigenvalue weighted by Crippen LogP contribution is -2.49. The third kappa shape index (κ3) is 6.81. The fraction of sp³-hybridized carbons (Fsp3) is 0.462. The number of hydrogen-bond acceptors (Lipinski definition) is 4. The molecule has 6 nitrogen and oxygen atoms in total. The minimum Gasteiger partial charge on any atom is -0.453 e. The number of halogens is 9. The lowest BCUT2D eigenvalue weighted by molar-refractivity contribution is -0.143. The van der Waals surface area contributed by atoms with E-state index in [0.717, 1.165) is 23.0 Å². The first-order valence-electron chi connectivity index (χ1n) is 12.2. The first kappa shape index (κ1) is 31.9. The van der Waals surface area contributed by atoms with Crippen molar-refractivity contribution in [3.63, 3.8) is 0 Å². The van der Waals surface area contributed by atoms with Gasteiger partial charge in [-0.25, -0.2) is 9.59 Å². The van der Waals surface area contributed by atoms with Gasteiger partial charge in [0.05, 0.1) is 42.1 Å². The predicted octanol–water partition coefficient (Wildman–Crippen LogP) is 8.20. The Kier molecular flexibility index (Phi) is 9.08. The molecule has 0 bridgehead atoms. The van der Waals surface area contributed by atoms with Crippen molar-refractivity contribution in [2.24, 2.45) is 0 Å². The number of benzene rings is 2. The molecule has 1 aliphatic heterocycles. The summed E-state index contributed by atoms with van der Waals surface area (Å²) in [6, 6.07) is 1.36. The number of rotatable bonds is 5. The second-order valence-electron chi connectivity index (χ2n) is 9.14. The predicted molar refractivity (Wildman–Crippen MR) is 127 cm³/mol. The maximum atomic E-state index is 14.1. The fourth-order valence-corrected chi connectivity index (χ4v) is 4.80. The Labute approximate surface area is 228 Å². The van der Waals surface area contributed by atoms with E-state index in [4.69, 9.17) is 9.47 Å². The molecule has 2 aromatic carbocycles. The van der Waals surface area contributed by atoms with Gasteiger partial charge in [-0.2, -0.15) is 39.5 Å². The molecule has 0 aliphatic carbocycles. The lowest BCUT2D eigenvalue weighted by Gasteiger charge is -2.44. The molecule has 0 aromatic heterocycles. The number of hydrogen-bond donors (Lipinski definition) is 0. The zero-order chi connectivity index (χ0) is 30.9. The van der Waals surface area contributed by atoms with E-state index in [9.17, 15) is 49.1 Å². The Hall–Kier alpha value is -3.65. The van der Waals surface area contributed by atoms with Crippen LogP contribution in [0.4, 0.5) is 54.8 Å². The van der Waals surface area contributed by atoms with Crippen LogP contribution in [0.2, 0.25) is 0 Å². The van der Waals surface area contributed by atoms with Gasteiger partial charge in [0.15, 0.2) is 0 Å². The van der Waals surface area contributed by atoms with E-state index in [1.165, 1.54) is 13.0 Å². The molecule has 226 valence electrons. The highest BCUT2D eigenvalue weighted by atomic mass is 19.4. The van der Waals surface area contributed by atoms with Gasteiger partial charge in [-0.3, -0.25) is 9.80 Å². The summed E-state index contributed by atoms with van der Waals surface area (Å²) in [6.07, 6.45) is -17.8. The summed E-state index contributed by atoms with van der Waals surface area (Å²) < 4.78 is 133. The van der Waals surface area contributed by atoms with E-state index in [0.29, 0.717) is 18.2 Å². The van der Waals surface area contributed by atoms with Crippen LogP contribution in [0.5, 0.6) is 0 Å². The van der Waals surface area contributed by atoms with Crippen LogP contribution in [0.25, 0.3) is 0 Å². The van der Waals surface area contributed by atoms with Gasteiger partial charge >= 0.3 is 30.7 Å². The van der Waals surface area contributed by atoms with Crippen LogP contribution in [0, 0.1) is 0 Å². The topological polar surface area (TPSA) is 59.1 Å². The molecule has 0 radical (unpaired) electrons. The van der Waals surface area contributed by atoms with Crippen molar-refractivity contribution in [3.05, 3.63) is 64.2 Å². The van der Waals surface area contributed by atoms with Crippen LogP contribution >= 0.6 is 0 Å². The van der Waals surface area contributed by atoms with E-state index in [1.807, 2.05) is 0 Å². The zero-order valence-corrected chi connectivity index (χ0v) is 21.9. The Bertz CT molecular complexity index is 1240. The van der Waals surface area contributed by atoms with Gasteiger partial charge in [-0.15, -0.1) is 0 Å². The SMILES string of the molecule is CCOC(=O)N1c2c(cccc2C(F)(F)F)[C@@H](N(Cc2cc(C(F)(F)F)cc(C(F)(F)F)c2)C(=O)OC)C[C@H]1CC. The Morgan fingerprint density at radius 3 is 1.98 bits per heavy atom. The Morgan fingerprint density at radius 2 is 1.51 bits per heavy atom. The molecule has 15 heteroatoms. The normalized spacial score (nSPS) is 17.6. The largest absolute Gasteiger partial charge is 0.453 e. The highest BCUT2D eigenvalue weighted by Crippen LogP contribution is 2.48. The standard InChI is InChI=1S/C26H25F9N2O4/c1-4-17-12-20(18-7-6-8-19(26(33,34)35)21(18)37(17)23(39)41-5-2)36(22(38)40-3)13-14-9-15(24(27,28)29)11-16(10-14)25(30,31)32/h6-11,17,20H,4-5,12-13H2,1-3H3/t17-,20+/m1/s1. The van der Waals surface area contributed by atoms with Crippen molar-refractivity contribution in [3.8, 4) is 0 Å². The van der Waals surface area contributed by atoms with Crippen LogP contribution in [0.1, 0.15) is 60.5 Å². The Balaban J connectivity index is 2.25. The highest BCUT2D eigenvalue weighted by molar-refractivity contribution is 5.92. The summed E-state index contributed by atoms with van der Waals surface area (Å²) in [7, 11) is 0.903. The number of fused-ring (bicyclic) bond motifs is 1. The zero-order valence-electron chi connectivity index (χ0n) is 21.9. The van der Waals surface area contributed by atoms with Crippen LogP contribution in [-0.4, -0.2) is 36.8 Å². The van der Waals surface area contributed by atoms with Gasteiger partial charge in [0, 0.05) is 12.6 Å². The summed E-state index contributed by atoms with van der Waals surface area (Å²) in [6.45, 7) is 1.96. The number of carbonyl (C=O) groups is 2. The first-order valence-corrected chi connectivity index (χ1v) is 12.2. The third-order valence-electron chi connectivity index (χ3n) is 6.55. The molecular weight excluding hydrogens is 575 g/mol. The van der Waals surface area contributed by atoms with E-state index in [2.05, 4.69) is 0 Å². The van der Waals surface area contributed by atoms with Crippen molar-refractivity contribution < 1.29 is 58.6 Å². The first-order chi connectivity index (χ1) is 18.9. The number of carbonyl (C=O) groups excluding carboxylic acids is 2. The number of ether oxygens (including phenoxy) is 2. The van der Waals surface area contributed by atoms with Crippen molar-refractivity contribution in [1.29, 1.82) is 0 Å². The summed E-state index contributed by atoms with van der Waals surface area (Å²) >= 11 is 0. The number of amides is 2. The Morgan fingerprint density at radius 1 is 0.927 bits per heavy atom. The monoisotopic (exact) mass is 600 g/mol. The maximum Gasteiger partial charge on any atom is 0.418 e. The van der Waals surface area contributed by atoms with Gasteiger partial charge in [0.2, 0.25) is 0 Å². The molecule has 1 heterocycles. The van der Waals surface area contributed by atoms with Gasteiger partial charge in [-0.05, 0) is 55.2 Å². The number of nitrogens with zero attached hydrogens (tertiary/aromatic N) is 2. The smallest absolute Gasteiger partial charge is 0.418 e. The van der Waals surface area contributed by atoms with Crippen LogP contribution in [0.3, 0.4) is 0 Å². The van der Waals surface area contributed by atoms with Crippen LogP contribution < -0.4 is 4.90 Å². The van der Waals surface area contributed by atoms with Crippen molar-refractivity contribution >= 4 is 17.9 Å². The highest BCUT2D eigenvalue weighted by Gasteiger charge is 2.46. The molecule has 0 saturated carbocycles. The fourth-order valence-electron chi connectivity index (χ4n) is 4.80. The van der Waals surface area contributed by atoms with Crippen molar-refractivity contribution in [2.75, 3.05) is 18.6 Å². The molecule has 41 heavy (non-hydrogen) atoms. The molecule has 2 aromatic rings. The van der Waals surface area contributed by atoms with Crippen molar-refractivity contribution in [2.45, 2.75) is 63.8 Å². The average Bonchev–Trinajstić information content (AvgIpc) is 2.88. The van der Waals surface area contributed by atoms with Gasteiger partial charge in [-0.1, -0.05) is 19.1 Å². The molecule has 0 unspecified atom stereocenters. The number of alkyl halides is 9. The summed E-state index contributed by atoms with van der Waals surface area (Å²) in [5, 5.41) is 0. The van der Waals surface area contributed by atoms with Gasteiger partial charge < -0.3 is 9.47 Å². The van der Waals surface area contributed by atoms with E-state index < -0.39 is 77.3 Å². The van der Waals surface area contributed by atoms with E-state index in [1.54, 1.807) is 6.92 Å². The van der Waals surface area contributed by atoms with Crippen molar-refractivity contribution in [1.82, 2.24) is 4.90 Å². The minimum absolute atomic E-state index is 0.0672.